The minimum Gasteiger partial charge on any atom is -0.268 e. The van der Waals surface area contributed by atoms with Crippen molar-refractivity contribution in [1.29, 1.82) is 0 Å². The minimum absolute atomic E-state index is 0.100. The summed E-state index contributed by atoms with van der Waals surface area (Å²) in [6.45, 7) is 0.182. The van der Waals surface area contributed by atoms with Gasteiger partial charge in [0.25, 0.3) is 5.69 Å². The molecule has 2 aromatic rings. The maximum Gasteiger partial charge on any atom is 0.274 e. The largest absolute Gasteiger partial charge is 0.274 e. The topological polar surface area (TPSA) is 61.0 Å². The highest BCUT2D eigenvalue weighted by molar-refractivity contribution is 5.40. The summed E-state index contributed by atoms with van der Waals surface area (Å²) >= 11 is 0. The fourth-order valence-corrected chi connectivity index (χ4v) is 1.43. The lowest BCUT2D eigenvalue weighted by atomic mass is 10.2. The summed E-state index contributed by atoms with van der Waals surface area (Å²) in [5.74, 6) is -0.493. The highest BCUT2D eigenvalue weighted by Crippen LogP contribution is 2.20. The minimum atomic E-state index is -0.529. The fourth-order valence-electron chi connectivity index (χ4n) is 1.43. The van der Waals surface area contributed by atoms with Gasteiger partial charge in [0.15, 0.2) is 0 Å². The Bertz CT molecular complexity index is 511. The van der Waals surface area contributed by atoms with Gasteiger partial charge in [-0.15, -0.1) is 0 Å². The molecule has 82 valence electrons. The highest BCUT2D eigenvalue weighted by Gasteiger charge is 2.14. The van der Waals surface area contributed by atoms with Crippen LogP contribution in [0.2, 0.25) is 0 Å². The van der Waals surface area contributed by atoms with E-state index in [-0.39, 0.29) is 12.2 Å². The number of hydrogen-bond donors (Lipinski definition) is 0. The summed E-state index contributed by atoms with van der Waals surface area (Å²) in [4.78, 5) is 10.2. The zero-order valence-corrected chi connectivity index (χ0v) is 8.21. The maximum absolute atomic E-state index is 13.0. The van der Waals surface area contributed by atoms with E-state index in [1.807, 2.05) is 0 Å². The van der Waals surface area contributed by atoms with Crippen LogP contribution >= 0.6 is 0 Å². The Morgan fingerprint density at radius 2 is 2.31 bits per heavy atom. The Labute approximate surface area is 90.3 Å². The molecule has 1 aromatic heterocycles. The van der Waals surface area contributed by atoms with Crippen LogP contribution in [0.1, 0.15) is 5.56 Å². The number of nitro groups is 1. The van der Waals surface area contributed by atoms with Gasteiger partial charge in [-0.1, -0.05) is 0 Å². The van der Waals surface area contributed by atoms with Crippen molar-refractivity contribution in [3.05, 3.63) is 58.2 Å². The monoisotopic (exact) mass is 221 g/mol. The van der Waals surface area contributed by atoms with Crippen LogP contribution < -0.4 is 0 Å². The van der Waals surface area contributed by atoms with Crippen LogP contribution in [0.5, 0.6) is 0 Å². The molecule has 0 saturated carbocycles. The Morgan fingerprint density at radius 3 is 2.94 bits per heavy atom. The molecule has 1 heterocycles. The van der Waals surface area contributed by atoms with Gasteiger partial charge in [-0.05, 0) is 18.2 Å². The number of benzene rings is 1. The lowest BCUT2D eigenvalue weighted by Gasteiger charge is -2.03. The second kappa shape index (κ2) is 4.09. The Morgan fingerprint density at radius 1 is 1.50 bits per heavy atom. The Kier molecular flexibility index (Phi) is 2.63. The van der Waals surface area contributed by atoms with Crippen molar-refractivity contribution in [2.24, 2.45) is 0 Å². The standard InChI is InChI=1S/C10H8FN3O2/c11-9-2-3-10(14(15)16)8(6-9)7-13-5-1-4-12-13/h1-6H,7H2. The van der Waals surface area contributed by atoms with Crippen molar-refractivity contribution < 1.29 is 9.31 Å². The first kappa shape index (κ1) is 10.3. The third-order valence-corrected chi connectivity index (χ3v) is 2.13. The lowest BCUT2D eigenvalue weighted by molar-refractivity contribution is -0.385. The summed E-state index contributed by atoms with van der Waals surface area (Å²) in [6.07, 6.45) is 3.22. The average Bonchev–Trinajstić information content (AvgIpc) is 2.70. The van der Waals surface area contributed by atoms with Gasteiger partial charge in [0.2, 0.25) is 0 Å². The molecule has 0 fully saturated rings. The average molecular weight is 221 g/mol. The van der Waals surface area contributed by atoms with E-state index >= 15 is 0 Å². The van der Waals surface area contributed by atoms with Crippen molar-refractivity contribution in [3.8, 4) is 0 Å². The molecular weight excluding hydrogens is 213 g/mol. The third-order valence-electron chi connectivity index (χ3n) is 2.13. The van der Waals surface area contributed by atoms with Gasteiger partial charge >= 0.3 is 0 Å². The van der Waals surface area contributed by atoms with E-state index in [0.29, 0.717) is 5.56 Å². The second-order valence-electron chi connectivity index (χ2n) is 3.23. The molecule has 0 aliphatic carbocycles. The molecule has 0 radical (unpaired) electrons. The Hall–Kier alpha value is -2.24. The molecule has 0 N–H and O–H groups in total. The molecule has 0 atom stereocenters. The summed E-state index contributed by atoms with van der Waals surface area (Å²) in [5.41, 5.74) is 0.200. The van der Waals surface area contributed by atoms with Gasteiger partial charge in [-0.25, -0.2) is 4.39 Å². The van der Waals surface area contributed by atoms with Crippen molar-refractivity contribution in [3.63, 3.8) is 0 Å². The van der Waals surface area contributed by atoms with Gasteiger partial charge in [0, 0.05) is 18.5 Å². The molecule has 0 aliphatic rings. The third kappa shape index (κ3) is 2.05. The zero-order valence-electron chi connectivity index (χ0n) is 8.21. The van der Waals surface area contributed by atoms with Crippen LogP contribution in [0, 0.1) is 15.9 Å². The Balaban J connectivity index is 2.38. The summed E-state index contributed by atoms with van der Waals surface area (Å²) in [5, 5.41) is 14.6. The van der Waals surface area contributed by atoms with Crippen molar-refractivity contribution in [2.75, 3.05) is 0 Å². The normalized spacial score (nSPS) is 10.3. The van der Waals surface area contributed by atoms with Crippen LogP contribution in [-0.2, 0) is 6.54 Å². The first-order valence-electron chi connectivity index (χ1n) is 4.57. The van der Waals surface area contributed by atoms with Crippen molar-refractivity contribution in [1.82, 2.24) is 9.78 Å². The summed E-state index contributed by atoms with van der Waals surface area (Å²) in [7, 11) is 0. The van der Waals surface area contributed by atoms with E-state index in [0.717, 1.165) is 18.2 Å². The van der Waals surface area contributed by atoms with E-state index in [4.69, 9.17) is 0 Å². The summed E-state index contributed by atoms with van der Waals surface area (Å²) < 4.78 is 14.5. The molecule has 6 heteroatoms. The van der Waals surface area contributed by atoms with Crippen molar-refractivity contribution in [2.45, 2.75) is 6.54 Å². The van der Waals surface area contributed by atoms with E-state index in [9.17, 15) is 14.5 Å². The van der Waals surface area contributed by atoms with Crippen LogP contribution in [0.3, 0.4) is 0 Å². The van der Waals surface area contributed by atoms with Gasteiger partial charge in [0.05, 0.1) is 17.0 Å². The van der Waals surface area contributed by atoms with E-state index in [1.165, 1.54) is 4.68 Å². The van der Waals surface area contributed by atoms with Gasteiger partial charge in [-0.3, -0.25) is 14.8 Å². The molecule has 0 amide bonds. The summed E-state index contributed by atoms with van der Waals surface area (Å²) in [6, 6.07) is 5.09. The first-order chi connectivity index (χ1) is 7.66. The number of nitrogens with zero attached hydrogens (tertiary/aromatic N) is 3. The first-order valence-corrected chi connectivity index (χ1v) is 4.57. The van der Waals surface area contributed by atoms with Crippen LogP contribution in [0.4, 0.5) is 10.1 Å². The smallest absolute Gasteiger partial charge is 0.268 e. The van der Waals surface area contributed by atoms with E-state index in [2.05, 4.69) is 5.10 Å². The number of halogens is 1. The lowest BCUT2D eigenvalue weighted by Crippen LogP contribution is -2.04. The van der Waals surface area contributed by atoms with Crippen LogP contribution in [-0.4, -0.2) is 14.7 Å². The predicted octanol–water partition coefficient (Wildman–Crippen LogP) is 1.98. The number of nitro benzene ring substituents is 1. The van der Waals surface area contributed by atoms with E-state index < -0.39 is 10.7 Å². The maximum atomic E-state index is 13.0. The molecule has 0 saturated heterocycles. The van der Waals surface area contributed by atoms with Crippen molar-refractivity contribution >= 4 is 5.69 Å². The number of hydrogen-bond acceptors (Lipinski definition) is 3. The molecule has 0 unspecified atom stereocenters. The molecule has 5 nitrogen and oxygen atoms in total. The quantitative estimate of drug-likeness (QED) is 0.588. The van der Waals surface area contributed by atoms with Gasteiger partial charge in [0.1, 0.15) is 5.82 Å². The highest BCUT2D eigenvalue weighted by atomic mass is 19.1. The predicted molar refractivity (Wildman–Crippen MR) is 54.4 cm³/mol. The molecule has 0 bridgehead atoms. The molecule has 2 rings (SSSR count). The molecule has 0 spiro atoms. The SMILES string of the molecule is O=[N+]([O-])c1ccc(F)cc1Cn1cccn1. The van der Waals surface area contributed by atoms with Gasteiger partial charge in [-0.2, -0.15) is 5.10 Å². The molecule has 1 aromatic carbocycles. The van der Waals surface area contributed by atoms with Crippen LogP contribution in [0.25, 0.3) is 0 Å². The fraction of sp³-hybridized carbons (Fsp3) is 0.100. The van der Waals surface area contributed by atoms with Crippen LogP contribution in [0.15, 0.2) is 36.7 Å². The molecule has 16 heavy (non-hydrogen) atoms. The molecule has 0 aliphatic heterocycles. The second-order valence-corrected chi connectivity index (χ2v) is 3.23. The molecular formula is C10H8FN3O2. The number of rotatable bonds is 3. The van der Waals surface area contributed by atoms with Gasteiger partial charge < -0.3 is 0 Å². The number of aromatic nitrogens is 2. The zero-order chi connectivity index (χ0) is 11.5. The van der Waals surface area contributed by atoms with E-state index in [1.54, 1.807) is 18.5 Å².